The van der Waals surface area contributed by atoms with E-state index in [0.29, 0.717) is 12.1 Å². The summed E-state index contributed by atoms with van der Waals surface area (Å²) in [5.41, 5.74) is 0. The molecule has 20 heavy (non-hydrogen) atoms. The van der Waals surface area contributed by atoms with Gasteiger partial charge in [0.05, 0.1) is 12.3 Å². The highest BCUT2D eigenvalue weighted by Gasteiger charge is 2.16. The summed E-state index contributed by atoms with van der Waals surface area (Å²) >= 11 is 0. The van der Waals surface area contributed by atoms with Gasteiger partial charge in [0.2, 0.25) is 5.95 Å². The van der Waals surface area contributed by atoms with Gasteiger partial charge in [-0.3, -0.25) is 0 Å². The summed E-state index contributed by atoms with van der Waals surface area (Å²) < 4.78 is 5.59. The van der Waals surface area contributed by atoms with E-state index in [1.807, 2.05) is 0 Å². The van der Waals surface area contributed by atoms with Gasteiger partial charge in [-0.1, -0.05) is 12.8 Å². The number of nitrogens with zero attached hydrogens (tertiary/aromatic N) is 4. The van der Waals surface area contributed by atoms with Crippen molar-refractivity contribution in [3.63, 3.8) is 0 Å². The van der Waals surface area contributed by atoms with E-state index < -0.39 is 0 Å². The number of ether oxygens (including phenoxy) is 1. The summed E-state index contributed by atoms with van der Waals surface area (Å²) in [6, 6.07) is 0. The van der Waals surface area contributed by atoms with Crippen LogP contribution in [0.25, 0.3) is 0 Å². The second-order valence-corrected chi connectivity index (χ2v) is 5.56. The molecule has 110 valence electrons. The van der Waals surface area contributed by atoms with Crippen LogP contribution in [0.5, 0.6) is 0 Å². The first-order valence-corrected chi connectivity index (χ1v) is 7.72. The smallest absolute Gasteiger partial charge is 0.244 e. The van der Waals surface area contributed by atoms with Gasteiger partial charge in [-0.2, -0.15) is 10.1 Å². The largest absolute Gasteiger partial charge is 0.376 e. The third-order valence-corrected chi connectivity index (χ3v) is 3.99. The predicted molar refractivity (Wildman–Crippen MR) is 78.0 cm³/mol. The van der Waals surface area contributed by atoms with Crippen LogP contribution in [-0.2, 0) is 4.74 Å². The van der Waals surface area contributed by atoms with Crippen molar-refractivity contribution in [1.29, 1.82) is 0 Å². The molecule has 0 radical (unpaired) electrons. The van der Waals surface area contributed by atoms with Crippen molar-refractivity contribution in [2.75, 3.05) is 36.5 Å². The SMILES string of the molecule is c1nnc(NCC2CCCO2)nc1N1CCCCCC1. The highest BCUT2D eigenvalue weighted by Crippen LogP contribution is 2.17. The second kappa shape index (κ2) is 6.83. The van der Waals surface area contributed by atoms with E-state index in [9.17, 15) is 0 Å². The van der Waals surface area contributed by atoms with Crippen LogP contribution in [0.15, 0.2) is 6.20 Å². The van der Waals surface area contributed by atoms with E-state index in [1.165, 1.54) is 25.7 Å². The van der Waals surface area contributed by atoms with Crippen LogP contribution in [0.4, 0.5) is 11.8 Å². The molecule has 3 heterocycles. The van der Waals surface area contributed by atoms with Gasteiger partial charge < -0.3 is 15.0 Å². The first kappa shape index (κ1) is 13.5. The topological polar surface area (TPSA) is 63.2 Å². The average Bonchev–Trinajstić information content (AvgIpc) is 2.86. The van der Waals surface area contributed by atoms with E-state index in [0.717, 1.165) is 44.9 Å². The van der Waals surface area contributed by atoms with E-state index in [-0.39, 0.29) is 0 Å². The molecular weight excluding hydrogens is 254 g/mol. The predicted octanol–water partition coefficient (Wildman–Crippen LogP) is 1.84. The molecule has 1 atom stereocenters. The number of hydrogen-bond donors (Lipinski definition) is 1. The Morgan fingerprint density at radius 1 is 1.20 bits per heavy atom. The molecule has 0 bridgehead atoms. The van der Waals surface area contributed by atoms with Gasteiger partial charge in [0.25, 0.3) is 0 Å². The van der Waals surface area contributed by atoms with Crippen LogP contribution >= 0.6 is 0 Å². The third kappa shape index (κ3) is 3.56. The molecule has 3 rings (SSSR count). The Balaban J connectivity index is 1.59. The highest BCUT2D eigenvalue weighted by atomic mass is 16.5. The fourth-order valence-electron chi connectivity index (χ4n) is 2.83. The lowest BCUT2D eigenvalue weighted by Gasteiger charge is -2.21. The monoisotopic (exact) mass is 277 g/mol. The summed E-state index contributed by atoms with van der Waals surface area (Å²) in [7, 11) is 0. The molecule has 0 amide bonds. The van der Waals surface area contributed by atoms with Crippen LogP contribution in [0.2, 0.25) is 0 Å². The van der Waals surface area contributed by atoms with Gasteiger partial charge in [0, 0.05) is 26.2 Å². The molecule has 1 unspecified atom stereocenters. The minimum Gasteiger partial charge on any atom is -0.376 e. The van der Waals surface area contributed by atoms with Crippen molar-refractivity contribution in [3.05, 3.63) is 6.20 Å². The lowest BCUT2D eigenvalue weighted by molar-refractivity contribution is 0.120. The van der Waals surface area contributed by atoms with Crippen molar-refractivity contribution in [1.82, 2.24) is 15.2 Å². The average molecular weight is 277 g/mol. The van der Waals surface area contributed by atoms with Gasteiger partial charge in [0.15, 0.2) is 5.82 Å². The van der Waals surface area contributed by atoms with E-state index in [4.69, 9.17) is 4.74 Å². The molecule has 2 aliphatic heterocycles. The van der Waals surface area contributed by atoms with E-state index in [2.05, 4.69) is 25.4 Å². The van der Waals surface area contributed by atoms with Crippen molar-refractivity contribution in [3.8, 4) is 0 Å². The zero-order valence-corrected chi connectivity index (χ0v) is 11.9. The maximum Gasteiger partial charge on any atom is 0.244 e. The molecule has 2 saturated heterocycles. The molecule has 2 fully saturated rings. The first-order chi connectivity index (χ1) is 9.92. The normalized spacial score (nSPS) is 23.6. The highest BCUT2D eigenvalue weighted by molar-refractivity contribution is 5.40. The van der Waals surface area contributed by atoms with Crippen LogP contribution in [-0.4, -0.2) is 47.5 Å². The van der Waals surface area contributed by atoms with Crippen LogP contribution in [0.1, 0.15) is 38.5 Å². The molecule has 1 N–H and O–H groups in total. The van der Waals surface area contributed by atoms with Gasteiger partial charge >= 0.3 is 0 Å². The Morgan fingerprint density at radius 2 is 2.05 bits per heavy atom. The molecule has 6 nitrogen and oxygen atoms in total. The van der Waals surface area contributed by atoms with Crippen LogP contribution in [0, 0.1) is 0 Å². The zero-order valence-electron chi connectivity index (χ0n) is 11.9. The zero-order chi connectivity index (χ0) is 13.6. The van der Waals surface area contributed by atoms with E-state index >= 15 is 0 Å². The van der Waals surface area contributed by atoms with Gasteiger partial charge in [-0.25, -0.2) is 0 Å². The molecule has 0 aliphatic carbocycles. The summed E-state index contributed by atoms with van der Waals surface area (Å²) in [6.07, 6.45) is 9.44. The fraction of sp³-hybridized carbons (Fsp3) is 0.786. The lowest BCUT2D eigenvalue weighted by Crippen LogP contribution is -2.26. The number of nitrogens with one attached hydrogen (secondary N) is 1. The number of anilines is 2. The Bertz CT molecular complexity index is 414. The Hall–Kier alpha value is -1.43. The maximum atomic E-state index is 5.59. The molecular formula is C14H23N5O. The Labute approximate surface area is 119 Å². The molecule has 2 aliphatic rings. The summed E-state index contributed by atoms with van der Waals surface area (Å²) in [5, 5.41) is 11.4. The molecule has 6 heteroatoms. The number of rotatable bonds is 4. The lowest BCUT2D eigenvalue weighted by atomic mass is 10.2. The third-order valence-electron chi connectivity index (χ3n) is 3.99. The van der Waals surface area contributed by atoms with Crippen molar-refractivity contribution < 1.29 is 4.74 Å². The summed E-state index contributed by atoms with van der Waals surface area (Å²) in [6.45, 7) is 3.79. The second-order valence-electron chi connectivity index (χ2n) is 5.56. The molecule has 1 aromatic rings. The number of aromatic nitrogens is 3. The van der Waals surface area contributed by atoms with Gasteiger partial charge in [-0.15, -0.1) is 5.10 Å². The molecule has 0 saturated carbocycles. The van der Waals surface area contributed by atoms with E-state index in [1.54, 1.807) is 6.20 Å². The van der Waals surface area contributed by atoms with Gasteiger partial charge in [-0.05, 0) is 25.7 Å². The Kier molecular flexibility index (Phi) is 4.63. The molecule has 1 aromatic heterocycles. The summed E-state index contributed by atoms with van der Waals surface area (Å²) in [5.74, 6) is 1.55. The minimum atomic E-state index is 0.292. The summed E-state index contributed by atoms with van der Waals surface area (Å²) in [4.78, 5) is 6.90. The van der Waals surface area contributed by atoms with Gasteiger partial charge in [0.1, 0.15) is 0 Å². The van der Waals surface area contributed by atoms with Crippen LogP contribution in [0.3, 0.4) is 0 Å². The maximum absolute atomic E-state index is 5.59. The van der Waals surface area contributed by atoms with Crippen molar-refractivity contribution >= 4 is 11.8 Å². The quantitative estimate of drug-likeness (QED) is 0.906. The van der Waals surface area contributed by atoms with Crippen molar-refractivity contribution in [2.24, 2.45) is 0 Å². The molecule has 0 spiro atoms. The first-order valence-electron chi connectivity index (χ1n) is 7.72. The standard InChI is InChI=1S/C14H23N5O/c1-2-4-8-19(7-3-1)13-11-16-18-14(17-13)15-10-12-6-5-9-20-12/h11-12H,1-10H2,(H,15,17,18). The molecule has 0 aromatic carbocycles. The number of hydrogen-bond acceptors (Lipinski definition) is 6. The van der Waals surface area contributed by atoms with Crippen molar-refractivity contribution in [2.45, 2.75) is 44.6 Å². The Morgan fingerprint density at radius 3 is 2.80 bits per heavy atom. The van der Waals surface area contributed by atoms with Crippen LogP contribution < -0.4 is 10.2 Å². The fourth-order valence-corrected chi connectivity index (χ4v) is 2.83. The minimum absolute atomic E-state index is 0.292.